The Hall–Kier alpha value is -0.500. The lowest BCUT2D eigenvalue weighted by Crippen LogP contribution is -2.65. The van der Waals surface area contributed by atoms with Crippen molar-refractivity contribution in [2.45, 2.75) is 133 Å². The van der Waals surface area contributed by atoms with Gasteiger partial charge in [-0.05, 0) is 32.1 Å². The van der Waals surface area contributed by atoms with Crippen LogP contribution in [0.15, 0.2) is 12.2 Å². The molecule has 0 aliphatic carbocycles. The fourth-order valence-electron chi connectivity index (χ4n) is 4.05. The van der Waals surface area contributed by atoms with E-state index in [4.69, 9.17) is 4.74 Å². The third-order valence-electron chi connectivity index (χ3n) is 6.10. The van der Waals surface area contributed by atoms with Crippen LogP contribution >= 0.6 is 0 Å². The zero-order valence-corrected chi connectivity index (χ0v) is 18.9. The van der Waals surface area contributed by atoms with E-state index in [-0.39, 0.29) is 6.42 Å². The van der Waals surface area contributed by atoms with E-state index in [2.05, 4.69) is 19.1 Å². The molecule has 1 aliphatic heterocycles. The molecular weight excluding hydrogens is 384 g/mol. The first kappa shape index (κ1) is 27.5. The van der Waals surface area contributed by atoms with Gasteiger partial charge in [0.1, 0.15) is 24.4 Å². The summed E-state index contributed by atoms with van der Waals surface area (Å²) in [6.45, 7) is 1.71. The Morgan fingerprint density at radius 2 is 1.23 bits per heavy atom. The second kappa shape index (κ2) is 16.2. The second-order valence-corrected chi connectivity index (χ2v) is 8.80. The van der Waals surface area contributed by atoms with Crippen molar-refractivity contribution in [1.29, 1.82) is 0 Å². The van der Waals surface area contributed by atoms with Gasteiger partial charge in [0.05, 0.1) is 6.61 Å². The van der Waals surface area contributed by atoms with Crippen LogP contribution in [0.1, 0.15) is 103 Å². The van der Waals surface area contributed by atoms with E-state index in [1.54, 1.807) is 0 Å². The Bertz CT molecular complexity index is 441. The first-order chi connectivity index (χ1) is 14.5. The average molecular weight is 431 g/mol. The zero-order chi connectivity index (χ0) is 22.2. The standard InChI is InChI=1S/C24H46O6/c1-2-3-4-5-6-7-8-9-10-11-12-13-14-15-16-17-18-24(29)23(28)22(27)21(26)20(19-25)30-24/h7-8,20-23,25-29H,2-6,9-19H2,1H3/b8-7-/t20-,21-,22+,23-,24?/m1/s1. The molecule has 0 saturated carbocycles. The minimum Gasteiger partial charge on any atom is -0.394 e. The summed E-state index contributed by atoms with van der Waals surface area (Å²) in [6.07, 6.45) is 15.7. The van der Waals surface area contributed by atoms with Crippen LogP contribution in [0, 0.1) is 0 Å². The molecule has 0 radical (unpaired) electrons. The molecule has 1 fully saturated rings. The third-order valence-corrected chi connectivity index (χ3v) is 6.10. The van der Waals surface area contributed by atoms with Crippen molar-refractivity contribution < 1.29 is 30.3 Å². The van der Waals surface area contributed by atoms with E-state index < -0.39 is 36.8 Å². The van der Waals surface area contributed by atoms with Crippen LogP contribution in [-0.4, -0.2) is 62.3 Å². The van der Waals surface area contributed by atoms with Crippen LogP contribution in [0.25, 0.3) is 0 Å². The van der Waals surface area contributed by atoms with Crippen LogP contribution in [0.2, 0.25) is 0 Å². The molecule has 1 saturated heterocycles. The summed E-state index contributed by atoms with van der Waals surface area (Å²) in [4.78, 5) is 0. The third kappa shape index (κ3) is 10.2. The maximum absolute atomic E-state index is 10.5. The van der Waals surface area contributed by atoms with Gasteiger partial charge in [-0.25, -0.2) is 0 Å². The summed E-state index contributed by atoms with van der Waals surface area (Å²) < 4.78 is 5.28. The van der Waals surface area contributed by atoms with Gasteiger partial charge in [0.15, 0.2) is 5.79 Å². The highest BCUT2D eigenvalue weighted by Gasteiger charge is 2.51. The van der Waals surface area contributed by atoms with Gasteiger partial charge in [0, 0.05) is 6.42 Å². The molecule has 1 unspecified atom stereocenters. The van der Waals surface area contributed by atoms with E-state index in [9.17, 15) is 25.5 Å². The molecule has 0 aromatic heterocycles. The molecule has 30 heavy (non-hydrogen) atoms. The number of rotatable bonds is 17. The molecule has 6 nitrogen and oxygen atoms in total. The monoisotopic (exact) mass is 430 g/mol. The van der Waals surface area contributed by atoms with Gasteiger partial charge in [-0.15, -0.1) is 0 Å². The summed E-state index contributed by atoms with van der Waals surface area (Å²) in [6, 6.07) is 0. The lowest BCUT2D eigenvalue weighted by atomic mass is 9.89. The summed E-state index contributed by atoms with van der Waals surface area (Å²) in [5, 5.41) is 49.3. The molecule has 5 atom stereocenters. The predicted molar refractivity (Wildman–Crippen MR) is 119 cm³/mol. The summed E-state index contributed by atoms with van der Waals surface area (Å²) >= 11 is 0. The molecule has 6 heteroatoms. The number of hydrogen-bond donors (Lipinski definition) is 5. The zero-order valence-electron chi connectivity index (χ0n) is 18.9. The molecular formula is C24H46O6. The molecule has 0 spiro atoms. The van der Waals surface area contributed by atoms with Crippen LogP contribution < -0.4 is 0 Å². The highest BCUT2D eigenvalue weighted by atomic mass is 16.7. The number of aliphatic hydroxyl groups is 5. The Balaban J connectivity index is 2.00. The Morgan fingerprint density at radius 1 is 0.733 bits per heavy atom. The van der Waals surface area contributed by atoms with Crippen LogP contribution in [-0.2, 0) is 4.74 Å². The topological polar surface area (TPSA) is 110 Å². The van der Waals surface area contributed by atoms with Crippen LogP contribution in [0.3, 0.4) is 0 Å². The maximum Gasteiger partial charge on any atom is 0.195 e. The number of unbranched alkanes of at least 4 members (excludes halogenated alkanes) is 12. The van der Waals surface area contributed by atoms with Crippen molar-refractivity contribution in [2.75, 3.05) is 6.61 Å². The molecule has 0 amide bonds. The Morgan fingerprint density at radius 3 is 1.77 bits per heavy atom. The maximum atomic E-state index is 10.5. The predicted octanol–water partition coefficient (Wildman–Crippen LogP) is 3.58. The van der Waals surface area contributed by atoms with Crippen LogP contribution in [0.5, 0.6) is 0 Å². The number of hydrogen-bond acceptors (Lipinski definition) is 6. The van der Waals surface area contributed by atoms with Gasteiger partial charge >= 0.3 is 0 Å². The Kier molecular flexibility index (Phi) is 14.8. The summed E-state index contributed by atoms with van der Waals surface area (Å²) in [5.74, 6) is -1.92. The smallest absolute Gasteiger partial charge is 0.195 e. The largest absolute Gasteiger partial charge is 0.394 e. The molecule has 1 aliphatic rings. The van der Waals surface area contributed by atoms with Crippen molar-refractivity contribution in [1.82, 2.24) is 0 Å². The van der Waals surface area contributed by atoms with Crippen molar-refractivity contribution in [3.8, 4) is 0 Å². The minimum atomic E-state index is -1.92. The molecule has 178 valence electrons. The molecule has 0 aromatic carbocycles. The van der Waals surface area contributed by atoms with E-state index in [1.807, 2.05) is 0 Å². The van der Waals surface area contributed by atoms with E-state index in [0.29, 0.717) is 6.42 Å². The van der Waals surface area contributed by atoms with Crippen molar-refractivity contribution in [3.05, 3.63) is 12.2 Å². The van der Waals surface area contributed by atoms with Crippen molar-refractivity contribution in [2.24, 2.45) is 0 Å². The number of ether oxygens (including phenoxy) is 1. The lowest BCUT2D eigenvalue weighted by molar-refractivity contribution is -0.351. The molecule has 1 rings (SSSR count). The first-order valence-electron chi connectivity index (χ1n) is 12.2. The minimum absolute atomic E-state index is 0.166. The Labute approximate surface area is 183 Å². The van der Waals surface area contributed by atoms with E-state index in [0.717, 1.165) is 19.3 Å². The molecule has 1 heterocycles. The normalized spacial score (nSPS) is 29.7. The van der Waals surface area contributed by atoms with E-state index in [1.165, 1.54) is 64.2 Å². The fourth-order valence-corrected chi connectivity index (χ4v) is 4.05. The average Bonchev–Trinajstić information content (AvgIpc) is 2.74. The number of aliphatic hydroxyl groups excluding tert-OH is 4. The quantitative estimate of drug-likeness (QED) is 0.178. The van der Waals surface area contributed by atoms with Crippen molar-refractivity contribution >= 4 is 0 Å². The van der Waals surface area contributed by atoms with Gasteiger partial charge in [-0.1, -0.05) is 76.9 Å². The second-order valence-electron chi connectivity index (χ2n) is 8.80. The number of allylic oxidation sites excluding steroid dienone is 2. The van der Waals surface area contributed by atoms with Gasteiger partial charge < -0.3 is 30.3 Å². The lowest BCUT2D eigenvalue weighted by Gasteiger charge is -2.45. The van der Waals surface area contributed by atoms with Gasteiger partial charge in [0.2, 0.25) is 0 Å². The first-order valence-corrected chi connectivity index (χ1v) is 12.2. The van der Waals surface area contributed by atoms with E-state index >= 15 is 0 Å². The summed E-state index contributed by atoms with van der Waals surface area (Å²) in [7, 11) is 0. The van der Waals surface area contributed by atoms with Gasteiger partial charge in [-0.3, -0.25) is 0 Å². The molecule has 5 N–H and O–H groups in total. The van der Waals surface area contributed by atoms with Crippen LogP contribution in [0.4, 0.5) is 0 Å². The highest BCUT2D eigenvalue weighted by Crippen LogP contribution is 2.32. The molecule has 0 bridgehead atoms. The highest BCUT2D eigenvalue weighted by molar-refractivity contribution is 4.95. The van der Waals surface area contributed by atoms with Gasteiger partial charge in [-0.2, -0.15) is 0 Å². The SMILES string of the molecule is CCCCCC/C=C\CCCCCCCCCCC1(O)O[C@H](CO)[C@@H](O)[C@H](O)[C@H]1O. The van der Waals surface area contributed by atoms with Crippen molar-refractivity contribution in [3.63, 3.8) is 0 Å². The van der Waals surface area contributed by atoms with Gasteiger partial charge in [0.25, 0.3) is 0 Å². The fraction of sp³-hybridized carbons (Fsp3) is 0.917. The molecule has 0 aromatic rings. The summed E-state index contributed by atoms with van der Waals surface area (Å²) in [5.41, 5.74) is 0.